The third kappa shape index (κ3) is 7.23. The van der Waals surface area contributed by atoms with E-state index in [0.29, 0.717) is 12.6 Å². The van der Waals surface area contributed by atoms with E-state index in [1.165, 1.54) is 0 Å². The first-order chi connectivity index (χ1) is 13.8. The van der Waals surface area contributed by atoms with Gasteiger partial charge in [0.2, 0.25) is 0 Å². The van der Waals surface area contributed by atoms with Crippen LogP contribution < -0.4 is 5.32 Å². The summed E-state index contributed by atoms with van der Waals surface area (Å²) in [5, 5.41) is 3.47. The van der Waals surface area contributed by atoms with E-state index in [-0.39, 0.29) is 24.0 Å². The minimum absolute atomic E-state index is 0. The van der Waals surface area contributed by atoms with Gasteiger partial charge in [-0.05, 0) is 37.0 Å². The molecule has 1 fully saturated rings. The van der Waals surface area contributed by atoms with E-state index in [9.17, 15) is 0 Å². The number of likely N-dealkylation sites (tertiary alicyclic amines) is 1. The monoisotopic (exact) mass is 514 g/mol. The molecule has 0 bridgehead atoms. The van der Waals surface area contributed by atoms with Crippen LogP contribution in [0.25, 0.3) is 5.82 Å². The van der Waals surface area contributed by atoms with Crippen LogP contribution in [0.15, 0.2) is 42.0 Å². The van der Waals surface area contributed by atoms with E-state index < -0.39 is 0 Å². The Balaban J connectivity index is 0.00000300. The molecule has 2 aromatic heterocycles. The number of nitrogens with zero attached hydrogens (tertiary/aromatic N) is 5. The van der Waals surface area contributed by atoms with Crippen molar-refractivity contribution in [3.63, 3.8) is 0 Å². The quantitative estimate of drug-likeness (QED) is 0.253. The number of methoxy groups -OCH3 is 1. The van der Waals surface area contributed by atoms with E-state index in [1.807, 2.05) is 30.1 Å². The number of aliphatic imine (C=N–C) groups is 1. The van der Waals surface area contributed by atoms with Crippen LogP contribution in [0.3, 0.4) is 0 Å². The first-order valence-corrected chi connectivity index (χ1v) is 9.79. The lowest BCUT2D eigenvalue weighted by Crippen LogP contribution is -2.46. The predicted octanol–water partition coefficient (Wildman–Crippen LogP) is 2.48. The molecular formula is C20H31IN6O2. The first kappa shape index (κ1) is 23.6. The number of hydrogen-bond acceptors (Lipinski definition) is 5. The van der Waals surface area contributed by atoms with Crippen molar-refractivity contribution in [3.05, 3.63) is 42.6 Å². The van der Waals surface area contributed by atoms with Crippen molar-refractivity contribution < 1.29 is 9.47 Å². The molecule has 0 aliphatic carbocycles. The van der Waals surface area contributed by atoms with E-state index in [2.05, 4.69) is 31.2 Å². The van der Waals surface area contributed by atoms with Crippen molar-refractivity contribution in [3.8, 4) is 5.82 Å². The molecule has 2 aromatic rings. The minimum atomic E-state index is 0. The van der Waals surface area contributed by atoms with E-state index >= 15 is 0 Å². The summed E-state index contributed by atoms with van der Waals surface area (Å²) >= 11 is 0. The molecule has 0 atom stereocenters. The van der Waals surface area contributed by atoms with Crippen molar-refractivity contribution in [2.24, 2.45) is 4.99 Å². The third-order valence-corrected chi connectivity index (χ3v) is 4.83. The fourth-order valence-electron chi connectivity index (χ4n) is 3.31. The molecule has 0 spiro atoms. The summed E-state index contributed by atoms with van der Waals surface area (Å²) in [6.07, 6.45) is 10.5. The lowest BCUT2D eigenvalue weighted by Gasteiger charge is -2.34. The number of aromatic nitrogens is 3. The Kier molecular flexibility index (Phi) is 10.4. The standard InChI is InChI=1S/C20H30N6O2.HI/c1-21-20(25-9-5-18(6-10-25)28-13-3-12-27-2)24-15-17-4-7-23-19(14-17)26-11-8-22-16-26;/h4,7-8,11,14,16,18H,3,5-6,9-10,12-13,15H2,1-2H3,(H,21,24);1H. The van der Waals surface area contributed by atoms with Crippen LogP contribution in [-0.4, -0.2) is 72.0 Å². The number of hydrogen-bond donors (Lipinski definition) is 1. The summed E-state index contributed by atoms with van der Waals surface area (Å²) in [4.78, 5) is 15.2. The van der Waals surface area contributed by atoms with Crippen molar-refractivity contribution in [2.45, 2.75) is 31.9 Å². The fourth-order valence-corrected chi connectivity index (χ4v) is 3.31. The largest absolute Gasteiger partial charge is 0.385 e. The Labute approximate surface area is 189 Å². The molecule has 3 rings (SSSR count). The highest BCUT2D eigenvalue weighted by Crippen LogP contribution is 2.14. The van der Waals surface area contributed by atoms with E-state index in [1.54, 1.807) is 19.6 Å². The van der Waals surface area contributed by atoms with Gasteiger partial charge in [0.05, 0.1) is 6.10 Å². The average Bonchev–Trinajstić information content (AvgIpc) is 3.28. The van der Waals surface area contributed by atoms with Gasteiger partial charge in [0, 0.05) is 65.6 Å². The molecule has 0 unspecified atom stereocenters. The van der Waals surface area contributed by atoms with Crippen LogP contribution in [0, 0.1) is 0 Å². The second-order valence-corrected chi connectivity index (χ2v) is 6.80. The molecule has 3 heterocycles. The predicted molar refractivity (Wildman–Crippen MR) is 124 cm³/mol. The highest BCUT2D eigenvalue weighted by molar-refractivity contribution is 14.0. The van der Waals surface area contributed by atoms with Crippen molar-refractivity contribution in [2.75, 3.05) is 40.5 Å². The van der Waals surface area contributed by atoms with Gasteiger partial charge in [-0.15, -0.1) is 24.0 Å². The molecule has 1 aliphatic heterocycles. The van der Waals surface area contributed by atoms with Gasteiger partial charge in [-0.1, -0.05) is 0 Å². The Morgan fingerprint density at radius 2 is 2.10 bits per heavy atom. The van der Waals surface area contributed by atoms with Gasteiger partial charge >= 0.3 is 0 Å². The van der Waals surface area contributed by atoms with Crippen molar-refractivity contribution in [1.82, 2.24) is 24.8 Å². The zero-order valence-corrected chi connectivity index (χ0v) is 19.5. The number of rotatable bonds is 8. The maximum atomic E-state index is 5.94. The zero-order chi connectivity index (χ0) is 19.6. The van der Waals surface area contributed by atoms with Crippen LogP contribution in [0.2, 0.25) is 0 Å². The Morgan fingerprint density at radius 1 is 1.28 bits per heavy atom. The van der Waals surface area contributed by atoms with Gasteiger partial charge in [0.25, 0.3) is 0 Å². The number of imidazole rings is 1. The molecule has 0 saturated carbocycles. The average molecular weight is 514 g/mol. The molecule has 29 heavy (non-hydrogen) atoms. The van der Waals surface area contributed by atoms with Gasteiger partial charge in [-0.2, -0.15) is 0 Å². The lowest BCUT2D eigenvalue weighted by atomic mass is 10.1. The smallest absolute Gasteiger partial charge is 0.193 e. The number of ether oxygens (including phenoxy) is 2. The van der Waals surface area contributed by atoms with E-state index in [4.69, 9.17) is 9.47 Å². The minimum Gasteiger partial charge on any atom is -0.385 e. The van der Waals surface area contributed by atoms with Crippen LogP contribution in [-0.2, 0) is 16.0 Å². The topological polar surface area (TPSA) is 76.8 Å². The number of guanidine groups is 1. The number of nitrogens with one attached hydrogen (secondary N) is 1. The molecule has 1 saturated heterocycles. The molecule has 0 aromatic carbocycles. The lowest BCUT2D eigenvalue weighted by molar-refractivity contribution is 0.00989. The van der Waals surface area contributed by atoms with E-state index in [0.717, 1.165) is 62.9 Å². The summed E-state index contributed by atoms with van der Waals surface area (Å²) in [5.74, 6) is 1.79. The van der Waals surface area contributed by atoms with Crippen LogP contribution in [0.5, 0.6) is 0 Å². The Morgan fingerprint density at radius 3 is 2.79 bits per heavy atom. The number of piperidine rings is 1. The summed E-state index contributed by atoms with van der Waals surface area (Å²) in [6.45, 7) is 4.13. The van der Waals surface area contributed by atoms with Gasteiger partial charge < -0.3 is 19.7 Å². The highest BCUT2D eigenvalue weighted by atomic mass is 127. The fraction of sp³-hybridized carbons (Fsp3) is 0.550. The van der Waals surface area contributed by atoms with Crippen LogP contribution >= 0.6 is 24.0 Å². The molecular weight excluding hydrogens is 483 g/mol. The number of pyridine rings is 1. The van der Waals surface area contributed by atoms with Crippen LogP contribution in [0.1, 0.15) is 24.8 Å². The molecule has 0 radical (unpaired) electrons. The maximum Gasteiger partial charge on any atom is 0.193 e. The molecule has 1 aliphatic rings. The normalized spacial score (nSPS) is 15.2. The summed E-state index contributed by atoms with van der Waals surface area (Å²) in [5.41, 5.74) is 1.15. The molecule has 1 N–H and O–H groups in total. The summed E-state index contributed by atoms with van der Waals surface area (Å²) in [7, 11) is 3.56. The molecule has 0 amide bonds. The first-order valence-electron chi connectivity index (χ1n) is 9.79. The van der Waals surface area contributed by atoms with Crippen molar-refractivity contribution in [1.29, 1.82) is 0 Å². The molecule has 8 nitrogen and oxygen atoms in total. The Bertz CT molecular complexity index is 732. The van der Waals surface area contributed by atoms with Crippen molar-refractivity contribution >= 4 is 29.9 Å². The van der Waals surface area contributed by atoms with Gasteiger partial charge in [-0.25, -0.2) is 9.97 Å². The maximum absolute atomic E-state index is 5.94. The molecule has 9 heteroatoms. The summed E-state index contributed by atoms with van der Waals surface area (Å²) < 4.78 is 12.9. The van der Waals surface area contributed by atoms with Gasteiger partial charge in [0.1, 0.15) is 12.1 Å². The highest BCUT2D eigenvalue weighted by Gasteiger charge is 2.21. The van der Waals surface area contributed by atoms with Crippen LogP contribution in [0.4, 0.5) is 0 Å². The zero-order valence-electron chi connectivity index (χ0n) is 17.2. The second kappa shape index (κ2) is 12.8. The Hall–Kier alpha value is -1.72. The number of halogens is 1. The third-order valence-electron chi connectivity index (χ3n) is 4.83. The van der Waals surface area contributed by atoms with Gasteiger partial charge in [-0.3, -0.25) is 9.56 Å². The summed E-state index contributed by atoms with van der Waals surface area (Å²) in [6, 6.07) is 4.07. The van der Waals surface area contributed by atoms with Gasteiger partial charge in [0.15, 0.2) is 5.96 Å². The SMILES string of the molecule is CN=C(NCc1ccnc(-n2ccnc2)c1)N1CCC(OCCCOC)CC1.I. The second-order valence-electron chi connectivity index (χ2n) is 6.80. The molecule has 160 valence electrons.